The summed E-state index contributed by atoms with van der Waals surface area (Å²) in [5.74, 6) is -3.36. The summed E-state index contributed by atoms with van der Waals surface area (Å²) in [7, 11) is 0. The van der Waals surface area contributed by atoms with E-state index in [-0.39, 0.29) is 32.3 Å². The highest BCUT2D eigenvalue weighted by atomic mass is 35.5. The molecule has 2 aromatic heterocycles. The molecule has 3 aromatic rings. The van der Waals surface area contributed by atoms with Gasteiger partial charge in [0, 0.05) is 6.20 Å². The van der Waals surface area contributed by atoms with Crippen molar-refractivity contribution in [3.8, 4) is 11.5 Å². The van der Waals surface area contributed by atoms with Crippen molar-refractivity contribution in [1.82, 2.24) is 4.98 Å². The molecule has 0 aliphatic heterocycles. The Bertz CT molecular complexity index is 1130. The van der Waals surface area contributed by atoms with Crippen molar-refractivity contribution < 1.29 is 29.3 Å². The van der Waals surface area contributed by atoms with Crippen molar-refractivity contribution in [1.29, 1.82) is 0 Å². The Morgan fingerprint density at radius 1 is 1.15 bits per heavy atom. The highest BCUT2D eigenvalue weighted by Gasteiger charge is 2.22. The number of halogens is 2. The Hall–Kier alpha value is -3.17. The molecular formula is C15H8Cl2N2O7. The van der Waals surface area contributed by atoms with Gasteiger partial charge in [0.15, 0.2) is 22.8 Å². The molecule has 1 amide bonds. The number of nitrogens with one attached hydrogen (secondary N) is 2. The molecule has 26 heavy (non-hydrogen) atoms. The van der Waals surface area contributed by atoms with Crippen molar-refractivity contribution in [3.63, 3.8) is 0 Å². The first kappa shape index (κ1) is 17.6. The molecule has 9 nitrogen and oxygen atoms in total. The highest BCUT2D eigenvalue weighted by molar-refractivity contribution is 6.40. The van der Waals surface area contributed by atoms with E-state index in [9.17, 15) is 24.6 Å². The number of H-pyrrole nitrogens is 1. The predicted molar refractivity (Wildman–Crippen MR) is 91.5 cm³/mol. The van der Waals surface area contributed by atoms with Gasteiger partial charge in [-0.3, -0.25) is 4.79 Å². The van der Waals surface area contributed by atoms with Crippen LogP contribution in [-0.2, 0) is 0 Å². The number of benzene rings is 1. The molecule has 134 valence electrons. The molecule has 2 heterocycles. The van der Waals surface area contributed by atoms with Gasteiger partial charge < -0.3 is 30.0 Å². The zero-order chi connectivity index (χ0) is 19.2. The summed E-state index contributed by atoms with van der Waals surface area (Å²) in [6.45, 7) is 0. The molecule has 0 aliphatic carbocycles. The van der Waals surface area contributed by atoms with E-state index >= 15 is 0 Å². The van der Waals surface area contributed by atoms with E-state index in [1.54, 1.807) is 0 Å². The second-order valence-corrected chi connectivity index (χ2v) is 5.86. The molecule has 0 saturated heterocycles. The highest BCUT2D eigenvalue weighted by Crippen LogP contribution is 2.42. The molecule has 0 unspecified atom stereocenters. The van der Waals surface area contributed by atoms with E-state index < -0.39 is 34.7 Å². The summed E-state index contributed by atoms with van der Waals surface area (Å²) < 4.78 is 4.94. The van der Waals surface area contributed by atoms with E-state index in [1.165, 1.54) is 0 Å². The number of rotatable bonds is 3. The van der Waals surface area contributed by atoms with E-state index in [1.807, 2.05) is 0 Å². The van der Waals surface area contributed by atoms with Gasteiger partial charge in [-0.1, -0.05) is 23.2 Å². The van der Waals surface area contributed by atoms with Gasteiger partial charge in [0.25, 0.3) is 5.91 Å². The number of aromatic hydroxyl groups is 2. The van der Waals surface area contributed by atoms with Gasteiger partial charge in [-0.25, -0.2) is 9.59 Å². The molecule has 1 aromatic carbocycles. The van der Waals surface area contributed by atoms with Crippen LogP contribution in [0.3, 0.4) is 0 Å². The average molecular weight is 399 g/mol. The summed E-state index contributed by atoms with van der Waals surface area (Å²) in [4.78, 5) is 37.4. The number of hydrogen-bond acceptors (Lipinski definition) is 6. The number of phenolic OH excluding ortho intramolecular Hbond substituents is 1. The average Bonchev–Trinajstić information content (AvgIpc) is 3.08. The van der Waals surface area contributed by atoms with Crippen molar-refractivity contribution in [2.45, 2.75) is 0 Å². The quantitative estimate of drug-likeness (QED) is 0.425. The molecule has 0 aliphatic rings. The van der Waals surface area contributed by atoms with Crippen molar-refractivity contribution in [2.24, 2.45) is 0 Å². The maximum Gasteiger partial charge on any atom is 0.364 e. The summed E-state index contributed by atoms with van der Waals surface area (Å²) in [6, 6.07) is 2.15. The Morgan fingerprint density at radius 3 is 2.46 bits per heavy atom. The largest absolute Gasteiger partial charge is 0.505 e. The second-order valence-electron chi connectivity index (χ2n) is 5.07. The summed E-state index contributed by atoms with van der Waals surface area (Å²) in [6.07, 6.45) is 1.12. The lowest BCUT2D eigenvalue weighted by atomic mass is 10.2. The number of hydrogen-bond donors (Lipinski definition) is 5. The van der Waals surface area contributed by atoms with E-state index in [2.05, 4.69) is 10.3 Å². The molecule has 0 radical (unpaired) electrons. The zero-order valence-electron chi connectivity index (χ0n) is 12.5. The molecule has 5 N–H and O–H groups in total. The van der Waals surface area contributed by atoms with Gasteiger partial charge in [-0.2, -0.15) is 0 Å². The predicted octanol–water partition coefficient (Wildman–Crippen LogP) is 2.79. The third-order valence-corrected chi connectivity index (χ3v) is 4.09. The lowest BCUT2D eigenvalue weighted by Gasteiger charge is -2.09. The van der Waals surface area contributed by atoms with Crippen LogP contribution in [0.15, 0.2) is 27.5 Å². The third kappa shape index (κ3) is 2.83. The lowest BCUT2D eigenvalue weighted by molar-refractivity contribution is 0.0691. The van der Waals surface area contributed by atoms with Gasteiger partial charge in [0.1, 0.15) is 10.7 Å². The molecular weight excluding hydrogens is 391 g/mol. The maximum absolute atomic E-state index is 12.2. The van der Waals surface area contributed by atoms with Crippen LogP contribution < -0.4 is 10.9 Å². The number of carbonyl (C=O) groups is 2. The van der Waals surface area contributed by atoms with Crippen LogP contribution in [0.5, 0.6) is 11.5 Å². The maximum atomic E-state index is 12.2. The Labute approximate surface area is 153 Å². The first-order valence-electron chi connectivity index (χ1n) is 6.80. The molecule has 0 bridgehead atoms. The Balaban J connectivity index is 2.07. The number of amides is 1. The molecule has 0 saturated carbocycles. The first-order valence-corrected chi connectivity index (χ1v) is 7.56. The Morgan fingerprint density at radius 2 is 1.85 bits per heavy atom. The SMILES string of the molecule is O=C(Nc1c(O)c2cc(Cl)c(O)c(Cl)c2oc1=O)c1c[nH]c(C(=O)O)c1. The first-order chi connectivity index (χ1) is 12.2. The summed E-state index contributed by atoms with van der Waals surface area (Å²) >= 11 is 11.6. The molecule has 0 fully saturated rings. The van der Waals surface area contributed by atoms with Crippen molar-refractivity contribution in [2.75, 3.05) is 5.32 Å². The van der Waals surface area contributed by atoms with Crippen LogP contribution in [-0.4, -0.2) is 32.2 Å². The minimum Gasteiger partial charge on any atom is -0.505 e. The van der Waals surface area contributed by atoms with Crippen LogP contribution in [0.2, 0.25) is 10.0 Å². The molecule has 3 rings (SSSR count). The number of carbonyl (C=O) groups excluding carboxylic acids is 1. The lowest BCUT2D eigenvalue weighted by Crippen LogP contribution is -2.17. The number of fused-ring (bicyclic) bond motifs is 1. The smallest absolute Gasteiger partial charge is 0.364 e. The van der Waals surface area contributed by atoms with E-state index in [0.29, 0.717) is 0 Å². The Kier molecular flexibility index (Phi) is 4.26. The number of carboxylic acids is 1. The summed E-state index contributed by atoms with van der Waals surface area (Å²) in [5, 5.41) is 30.2. The van der Waals surface area contributed by atoms with Crippen LogP contribution in [0.1, 0.15) is 20.8 Å². The number of aromatic amines is 1. The van der Waals surface area contributed by atoms with Gasteiger partial charge in [-0.15, -0.1) is 0 Å². The van der Waals surface area contributed by atoms with Crippen molar-refractivity contribution >= 4 is 51.7 Å². The van der Waals surface area contributed by atoms with Crippen LogP contribution >= 0.6 is 23.2 Å². The van der Waals surface area contributed by atoms with Crippen LogP contribution in [0.25, 0.3) is 11.0 Å². The number of anilines is 1. The van der Waals surface area contributed by atoms with Gasteiger partial charge >= 0.3 is 11.6 Å². The summed E-state index contributed by atoms with van der Waals surface area (Å²) in [5.41, 5.74) is -2.38. The number of phenols is 1. The fraction of sp³-hybridized carbons (Fsp3) is 0. The third-order valence-electron chi connectivity index (χ3n) is 3.45. The van der Waals surface area contributed by atoms with E-state index in [4.69, 9.17) is 32.7 Å². The number of aromatic nitrogens is 1. The molecule has 0 spiro atoms. The van der Waals surface area contributed by atoms with Crippen LogP contribution in [0, 0.1) is 0 Å². The fourth-order valence-electron chi connectivity index (χ4n) is 2.19. The molecule has 11 heteroatoms. The topological polar surface area (TPSA) is 153 Å². The molecule has 0 atom stereocenters. The fourth-order valence-corrected chi connectivity index (χ4v) is 2.68. The minimum atomic E-state index is -1.28. The van der Waals surface area contributed by atoms with E-state index in [0.717, 1.165) is 18.3 Å². The number of carboxylic acid groups (broad SMARTS) is 1. The van der Waals surface area contributed by atoms with Gasteiger partial charge in [0.2, 0.25) is 0 Å². The van der Waals surface area contributed by atoms with Crippen molar-refractivity contribution in [3.05, 3.63) is 50.1 Å². The monoisotopic (exact) mass is 398 g/mol. The van der Waals surface area contributed by atoms with Crippen LogP contribution in [0.4, 0.5) is 5.69 Å². The van der Waals surface area contributed by atoms with Gasteiger partial charge in [0.05, 0.1) is 16.0 Å². The zero-order valence-corrected chi connectivity index (χ0v) is 14.0. The second kappa shape index (κ2) is 6.28. The van der Waals surface area contributed by atoms with Gasteiger partial charge in [-0.05, 0) is 12.1 Å². The standard InChI is InChI=1S/C15H8Cl2N2O7/c16-6-2-5-10(20)9(15(25)26-12(5)8(17)11(6)21)19-13(22)4-1-7(14(23)24)18-3-4/h1-3,18,20-21H,(H,19,22)(H,23,24). The number of aromatic carboxylic acids is 1. The normalized spacial score (nSPS) is 10.8. The minimum absolute atomic E-state index is 0.0944.